The Morgan fingerprint density at radius 2 is 2.27 bits per heavy atom. The number of ether oxygens (including phenoxy) is 1. The van der Waals surface area contributed by atoms with E-state index in [1.807, 2.05) is 6.07 Å². The molecule has 0 bridgehead atoms. The van der Waals surface area contributed by atoms with Gasteiger partial charge in [-0.15, -0.1) is 0 Å². The Morgan fingerprint density at radius 3 is 2.97 bits per heavy atom. The number of hydrogen-bond donors (Lipinski definition) is 2. The summed E-state index contributed by atoms with van der Waals surface area (Å²) in [6.07, 6.45) is 1.71. The molecule has 2 amide bonds. The van der Waals surface area contributed by atoms with Gasteiger partial charge in [0.05, 0.1) is 30.2 Å². The first-order valence-corrected chi connectivity index (χ1v) is 9.78. The van der Waals surface area contributed by atoms with E-state index in [0.717, 1.165) is 0 Å². The number of carbonyl (C=O) groups excluding carboxylic acids is 2. The molecular formula is C21H24FN5O3. The molecule has 158 valence electrons. The first-order chi connectivity index (χ1) is 14.4. The van der Waals surface area contributed by atoms with Crippen molar-refractivity contribution in [2.45, 2.75) is 31.5 Å². The molecule has 0 radical (unpaired) electrons. The van der Waals surface area contributed by atoms with Gasteiger partial charge in [0.1, 0.15) is 24.1 Å². The minimum absolute atomic E-state index is 0.0136. The van der Waals surface area contributed by atoms with Crippen molar-refractivity contribution in [2.24, 2.45) is 5.73 Å². The van der Waals surface area contributed by atoms with E-state index < -0.39 is 23.5 Å². The summed E-state index contributed by atoms with van der Waals surface area (Å²) in [4.78, 5) is 30.7. The third kappa shape index (κ3) is 4.49. The minimum Gasteiger partial charge on any atom is -0.492 e. The number of alkyl halides is 1. The number of pyridine rings is 1. The monoisotopic (exact) mass is 413 g/mol. The van der Waals surface area contributed by atoms with Crippen LogP contribution in [0.15, 0.2) is 30.5 Å². The number of nitriles is 1. The van der Waals surface area contributed by atoms with Crippen LogP contribution >= 0.6 is 0 Å². The minimum atomic E-state index is -1.57. The van der Waals surface area contributed by atoms with Crippen LogP contribution in [0.25, 0.3) is 10.9 Å². The standard InChI is InChI=1S/C21H24FN5O3/c1-2-21(22)10-14(11-24)27(13-21)19(28)12-26-20(29)16-5-7-25-18-4-3-15(9-17(16)18)30-8-6-23/h3-5,7,9,14H,2,6,8,10,12-13,23H2,1H3,(H,26,29)/t14-,21?/m0/s1. The number of amides is 2. The van der Waals surface area contributed by atoms with Crippen LogP contribution in [0.4, 0.5) is 4.39 Å². The molecule has 9 heteroatoms. The van der Waals surface area contributed by atoms with E-state index >= 15 is 0 Å². The Morgan fingerprint density at radius 1 is 1.47 bits per heavy atom. The summed E-state index contributed by atoms with van der Waals surface area (Å²) in [5, 5.41) is 12.4. The van der Waals surface area contributed by atoms with Gasteiger partial charge < -0.3 is 20.7 Å². The fourth-order valence-electron chi connectivity index (χ4n) is 3.51. The summed E-state index contributed by atoms with van der Waals surface area (Å²) in [5.74, 6) is -0.409. The predicted molar refractivity (Wildman–Crippen MR) is 108 cm³/mol. The molecule has 3 rings (SSSR count). The van der Waals surface area contributed by atoms with Crippen LogP contribution in [-0.2, 0) is 4.79 Å². The second kappa shape index (κ2) is 9.05. The number of halogens is 1. The first kappa shape index (κ1) is 21.5. The van der Waals surface area contributed by atoms with E-state index in [4.69, 9.17) is 10.5 Å². The summed E-state index contributed by atoms with van der Waals surface area (Å²) in [6.45, 7) is 1.91. The van der Waals surface area contributed by atoms with Crippen molar-refractivity contribution in [3.63, 3.8) is 0 Å². The molecule has 1 saturated heterocycles. The molecule has 8 nitrogen and oxygen atoms in total. The van der Waals surface area contributed by atoms with Crippen molar-refractivity contribution < 1.29 is 18.7 Å². The number of benzene rings is 1. The highest BCUT2D eigenvalue weighted by molar-refractivity contribution is 6.07. The van der Waals surface area contributed by atoms with Gasteiger partial charge in [-0.1, -0.05) is 6.92 Å². The summed E-state index contributed by atoms with van der Waals surface area (Å²) >= 11 is 0. The van der Waals surface area contributed by atoms with Crippen molar-refractivity contribution in [2.75, 3.05) is 26.2 Å². The molecule has 2 atom stereocenters. The average molecular weight is 413 g/mol. The number of likely N-dealkylation sites (tertiary alicyclic amines) is 1. The van der Waals surface area contributed by atoms with Crippen LogP contribution in [0, 0.1) is 11.3 Å². The van der Waals surface area contributed by atoms with Gasteiger partial charge in [-0.2, -0.15) is 5.26 Å². The zero-order chi connectivity index (χ0) is 21.7. The quantitative estimate of drug-likeness (QED) is 0.710. The number of fused-ring (bicyclic) bond motifs is 1. The Bertz CT molecular complexity index is 992. The largest absolute Gasteiger partial charge is 0.492 e. The van der Waals surface area contributed by atoms with Gasteiger partial charge in [-0.05, 0) is 30.7 Å². The number of rotatable bonds is 7. The summed E-state index contributed by atoms with van der Waals surface area (Å²) in [7, 11) is 0. The Balaban J connectivity index is 1.72. The maximum absolute atomic E-state index is 14.6. The molecule has 1 aliphatic heterocycles. The Kier molecular flexibility index (Phi) is 6.47. The number of nitrogens with one attached hydrogen (secondary N) is 1. The highest BCUT2D eigenvalue weighted by atomic mass is 19.1. The van der Waals surface area contributed by atoms with E-state index in [0.29, 0.717) is 35.4 Å². The molecule has 1 aliphatic rings. The molecule has 0 aliphatic carbocycles. The normalized spacial score (nSPS) is 20.7. The molecule has 30 heavy (non-hydrogen) atoms. The summed E-state index contributed by atoms with van der Waals surface area (Å²) in [5.41, 5.74) is 4.81. The van der Waals surface area contributed by atoms with Crippen LogP contribution in [0.2, 0.25) is 0 Å². The van der Waals surface area contributed by atoms with E-state index in [9.17, 15) is 19.2 Å². The van der Waals surface area contributed by atoms with Gasteiger partial charge in [0.2, 0.25) is 5.91 Å². The number of aromatic nitrogens is 1. The average Bonchev–Trinajstić information content (AvgIpc) is 3.12. The van der Waals surface area contributed by atoms with Crippen LogP contribution in [0.1, 0.15) is 30.1 Å². The van der Waals surface area contributed by atoms with Crippen LogP contribution in [0.5, 0.6) is 5.75 Å². The van der Waals surface area contributed by atoms with Crippen molar-refractivity contribution in [1.29, 1.82) is 5.26 Å². The van der Waals surface area contributed by atoms with E-state index in [2.05, 4.69) is 10.3 Å². The van der Waals surface area contributed by atoms with Gasteiger partial charge in [-0.25, -0.2) is 4.39 Å². The number of hydrogen-bond acceptors (Lipinski definition) is 6. The molecule has 3 N–H and O–H groups in total. The maximum Gasteiger partial charge on any atom is 0.252 e. The third-order valence-electron chi connectivity index (χ3n) is 5.24. The van der Waals surface area contributed by atoms with Gasteiger partial charge in [0, 0.05) is 24.5 Å². The Labute approximate surface area is 173 Å². The fraction of sp³-hybridized carbons (Fsp3) is 0.429. The van der Waals surface area contributed by atoms with E-state index in [1.54, 1.807) is 31.2 Å². The molecule has 1 aromatic carbocycles. The zero-order valence-electron chi connectivity index (χ0n) is 16.7. The lowest BCUT2D eigenvalue weighted by Gasteiger charge is -2.21. The molecule has 2 heterocycles. The lowest BCUT2D eigenvalue weighted by molar-refractivity contribution is -0.130. The third-order valence-corrected chi connectivity index (χ3v) is 5.24. The molecule has 0 saturated carbocycles. The van der Waals surface area contributed by atoms with E-state index in [-0.39, 0.29) is 25.9 Å². The second-order valence-corrected chi connectivity index (χ2v) is 7.23. The van der Waals surface area contributed by atoms with Crippen molar-refractivity contribution >= 4 is 22.7 Å². The molecule has 1 aromatic heterocycles. The number of nitrogens with two attached hydrogens (primary N) is 1. The predicted octanol–water partition coefficient (Wildman–Crippen LogP) is 1.54. The SMILES string of the molecule is CCC1(F)C[C@@H](C#N)N(C(=O)CNC(=O)c2ccnc3ccc(OCCN)cc23)C1. The van der Waals surface area contributed by atoms with Crippen LogP contribution in [-0.4, -0.2) is 59.6 Å². The molecule has 1 unspecified atom stereocenters. The van der Waals surface area contributed by atoms with Gasteiger partial charge >= 0.3 is 0 Å². The molecule has 1 fully saturated rings. The van der Waals surface area contributed by atoms with Crippen molar-refractivity contribution in [1.82, 2.24) is 15.2 Å². The zero-order valence-corrected chi connectivity index (χ0v) is 16.7. The van der Waals surface area contributed by atoms with Crippen LogP contribution < -0.4 is 15.8 Å². The van der Waals surface area contributed by atoms with Gasteiger partial charge in [0.15, 0.2) is 0 Å². The van der Waals surface area contributed by atoms with Crippen molar-refractivity contribution in [3.8, 4) is 11.8 Å². The van der Waals surface area contributed by atoms with Crippen LogP contribution in [0.3, 0.4) is 0 Å². The smallest absolute Gasteiger partial charge is 0.252 e. The second-order valence-electron chi connectivity index (χ2n) is 7.23. The highest BCUT2D eigenvalue weighted by Gasteiger charge is 2.45. The number of carbonyl (C=O) groups is 2. The number of nitrogens with zero attached hydrogens (tertiary/aromatic N) is 3. The maximum atomic E-state index is 14.6. The summed E-state index contributed by atoms with van der Waals surface area (Å²) < 4.78 is 20.1. The molecule has 0 spiro atoms. The topological polar surface area (TPSA) is 121 Å². The fourth-order valence-corrected chi connectivity index (χ4v) is 3.51. The first-order valence-electron chi connectivity index (χ1n) is 9.78. The van der Waals surface area contributed by atoms with Gasteiger partial charge in [0.25, 0.3) is 5.91 Å². The lowest BCUT2D eigenvalue weighted by Crippen LogP contribution is -2.43. The van der Waals surface area contributed by atoms with Crippen molar-refractivity contribution in [3.05, 3.63) is 36.0 Å². The molecule has 2 aromatic rings. The lowest BCUT2D eigenvalue weighted by atomic mass is 10.00. The highest BCUT2D eigenvalue weighted by Crippen LogP contribution is 2.33. The van der Waals surface area contributed by atoms with E-state index in [1.165, 1.54) is 11.1 Å². The Hall–Kier alpha value is -3.25. The van der Waals surface area contributed by atoms with Gasteiger partial charge in [-0.3, -0.25) is 14.6 Å². The summed E-state index contributed by atoms with van der Waals surface area (Å²) in [6, 6.07) is 7.86. The molecular weight excluding hydrogens is 389 g/mol.